The van der Waals surface area contributed by atoms with Crippen molar-refractivity contribution in [3.8, 4) is 23.0 Å². The Morgan fingerprint density at radius 3 is 2.12 bits per heavy atom. The van der Waals surface area contributed by atoms with Crippen LogP contribution >= 0.6 is 11.8 Å². The summed E-state index contributed by atoms with van der Waals surface area (Å²) in [6, 6.07) is 22.7. The number of benzene rings is 3. The number of methoxy groups -OCH3 is 1. The van der Waals surface area contributed by atoms with Crippen LogP contribution in [-0.2, 0) is 19.6 Å². The van der Waals surface area contributed by atoms with Gasteiger partial charge in [-0.05, 0) is 53.8 Å². The molecule has 0 saturated carbocycles. The standard InChI is InChI=1S/C25H23NO4S2/c1-30-25(27)24(10-6-9-19-7-4-3-5-8-19)26-32(28,29)23-17-13-21(14-18-23)20-11-15-22(31-2)16-12-20/h3-5,7-8,11-18,24,26H,10H2,1-2H3/t24-/m1/s1. The molecule has 1 atom stereocenters. The van der Waals surface area contributed by atoms with E-state index in [1.807, 2.05) is 60.9 Å². The second-order valence-corrected chi connectivity index (χ2v) is 9.42. The molecule has 7 heteroatoms. The van der Waals surface area contributed by atoms with Crippen LogP contribution < -0.4 is 4.72 Å². The van der Waals surface area contributed by atoms with Crippen molar-refractivity contribution < 1.29 is 17.9 Å². The lowest BCUT2D eigenvalue weighted by atomic mass is 10.1. The highest BCUT2D eigenvalue weighted by atomic mass is 32.2. The lowest BCUT2D eigenvalue weighted by molar-refractivity contribution is -0.142. The number of hydrogen-bond acceptors (Lipinski definition) is 5. The van der Waals surface area contributed by atoms with Crippen LogP contribution in [0.2, 0.25) is 0 Å². The molecule has 32 heavy (non-hydrogen) atoms. The molecular weight excluding hydrogens is 442 g/mol. The highest BCUT2D eigenvalue weighted by molar-refractivity contribution is 7.98. The zero-order valence-corrected chi connectivity index (χ0v) is 19.4. The first-order valence-corrected chi connectivity index (χ1v) is 12.5. The van der Waals surface area contributed by atoms with Crippen LogP contribution in [0.1, 0.15) is 12.0 Å². The number of sulfonamides is 1. The quantitative estimate of drug-likeness (QED) is 0.319. The van der Waals surface area contributed by atoms with Crippen LogP contribution in [-0.4, -0.2) is 33.8 Å². The van der Waals surface area contributed by atoms with Gasteiger partial charge in [0.25, 0.3) is 0 Å². The van der Waals surface area contributed by atoms with Gasteiger partial charge in [0.05, 0.1) is 12.0 Å². The first-order valence-electron chi connectivity index (χ1n) is 9.81. The van der Waals surface area contributed by atoms with E-state index in [1.54, 1.807) is 23.9 Å². The van der Waals surface area contributed by atoms with Gasteiger partial charge in [0.1, 0.15) is 6.04 Å². The number of esters is 1. The van der Waals surface area contributed by atoms with Crippen LogP contribution in [0.4, 0.5) is 0 Å². The van der Waals surface area contributed by atoms with Crippen molar-refractivity contribution in [2.24, 2.45) is 0 Å². The van der Waals surface area contributed by atoms with Crippen molar-refractivity contribution in [3.05, 3.63) is 84.4 Å². The topological polar surface area (TPSA) is 72.5 Å². The van der Waals surface area contributed by atoms with E-state index in [0.717, 1.165) is 21.6 Å². The summed E-state index contributed by atoms with van der Waals surface area (Å²) in [5.41, 5.74) is 2.67. The Bertz CT molecular complexity index is 1210. The molecule has 0 heterocycles. The summed E-state index contributed by atoms with van der Waals surface area (Å²) in [5.74, 6) is 5.08. The second-order valence-electron chi connectivity index (χ2n) is 6.82. The number of nitrogens with one attached hydrogen (secondary N) is 1. The summed E-state index contributed by atoms with van der Waals surface area (Å²) in [4.78, 5) is 13.4. The number of thioether (sulfide) groups is 1. The van der Waals surface area contributed by atoms with Gasteiger partial charge in [-0.1, -0.05) is 54.3 Å². The SMILES string of the molecule is COC(=O)[C@@H](CC#Cc1ccccc1)NS(=O)(=O)c1ccc(-c2ccc(SC)cc2)cc1. The maximum Gasteiger partial charge on any atom is 0.324 e. The lowest BCUT2D eigenvalue weighted by Gasteiger charge is -2.14. The fourth-order valence-corrected chi connectivity index (χ4v) is 4.55. The van der Waals surface area contributed by atoms with Gasteiger partial charge in [-0.3, -0.25) is 4.79 Å². The van der Waals surface area contributed by atoms with Crippen LogP contribution in [0.3, 0.4) is 0 Å². The molecule has 0 spiro atoms. The normalized spacial score (nSPS) is 11.8. The van der Waals surface area contributed by atoms with Crippen molar-refractivity contribution in [1.29, 1.82) is 0 Å². The van der Waals surface area contributed by atoms with Gasteiger partial charge < -0.3 is 4.74 Å². The van der Waals surface area contributed by atoms with E-state index in [9.17, 15) is 13.2 Å². The average Bonchev–Trinajstić information content (AvgIpc) is 2.83. The third-order valence-corrected chi connectivity index (χ3v) is 6.91. The predicted octanol–water partition coefficient (Wildman–Crippen LogP) is 4.34. The van der Waals surface area contributed by atoms with Crippen molar-refractivity contribution in [1.82, 2.24) is 4.72 Å². The average molecular weight is 466 g/mol. The lowest BCUT2D eigenvalue weighted by Crippen LogP contribution is -2.41. The van der Waals surface area contributed by atoms with Crippen molar-refractivity contribution in [2.45, 2.75) is 22.3 Å². The molecule has 0 aromatic heterocycles. The molecule has 164 valence electrons. The van der Waals surface area contributed by atoms with Crippen LogP contribution in [0, 0.1) is 11.8 Å². The molecule has 3 aromatic carbocycles. The van der Waals surface area contributed by atoms with E-state index in [2.05, 4.69) is 16.6 Å². The maximum absolute atomic E-state index is 12.9. The fraction of sp³-hybridized carbons (Fsp3) is 0.160. The fourth-order valence-electron chi connectivity index (χ4n) is 2.96. The third kappa shape index (κ3) is 6.24. The minimum Gasteiger partial charge on any atom is -0.468 e. The Balaban J connectivity index is 1.75. The van der Waals surface area contributed by atoms with E-state index < -0.39 is 22.0 Å². The van der Waals surface area contributed by atoms with E-state index in [-0.39, 0.29) is 11.3 Å². The van der Waals surface area contributed by atoms with Crippen molar-refractivity contribution >= 4 is 27.8 Å². The molecule has 0 aliphatic carbocycles. The number of rotatable bonds is 7. The first-order chi connectivity index (χ1) is 15.4. The van der Waals surface area contributed by atoms with Crippen LogP contribution in [0.5, 0.6) is 0 Å². The molecule has 3 rings (SSSR count). The first kappa shape index (κ1) is 23.6. The highest BCUT2D eigenvalue weighted by Crippen LogP contribution is 2.24. The van der Waals surface area contributed by atoms with Crippen LogP contribution in [0.25, 0.3) is 11.1 Å². The van der Waals surface area contributed by atoms with Gasteiger partial charge in [-0.15, -0.1) is 11.8 Å². The molecular formula is C25H23NO4S2. The third-order valence-electron chi connectivity index (χ3n) is 4.68. The molecule has 3 aromatic rings. The Labute approximate surface area is 193 Å². The number of ether oxygens (including phenoxy) is 1. The Kier molecular flexibility index (Phi) is 8.12. The molecule has 0 unspecified atom stereocenters. The summed E-state index contributed by atoms with van der Waals surface area (Å²) in [6.07, 6.45) is 2.00. The summed E-state index contributed by atoms with van der Waals surface area (Å²) < 4.78 is 32.9. The van der Waals surface area contributed by atoms with Crippen LogP contribution in [0.15, 0.2) is 88.7 Å². The molecule has 0 radical (unpaired) electrons. The Hall–Kier alpha value is -3.05. The number of carbonyl (C=O) groups excluding carboxylic acids is 1. The molecule has 5 nitrogen and oxygen atoms in total. The van der Waals surface area contributed by atoms with E-state index >= 15 is 0 Å². The van der Waals surface area contributed by atoms with E-state index in [4.69, 9.17) is 4.74 Å². The van der Waals surface area contributed by atoms with Gasteiger partial charge >= 0.3 is 5.97 Å². The molecule has 0 saturated heterocycles. The Morgan fingerprint density at radius 2 is 1.56 bits per heavy atom. The summed E-state index contributed by atoms with van der Waals surface area (Å²) >= 11 is 1.66. The molecule has 0 aliphatic heterocycles. The molecule has 0 amide bonds. The molecule has 0 bridgehead atoms. The molecule has 0 aliphatic rings. The van der Waals surface area contributed by atoms with Gasteiger partial charge in [-0.2, -0.15) is 4.72 Å². The van der Waals surface area contributed by atoms with E-state index in [1.165, 1.54) is 19.2 Å². The zero-order valence-electron chi connectivity index (χ0n) is 17.7. The van der Waals surface area contributed by atoms with Gasteiger partial charge in [0.2, 0.25) is 10.0 Å². The predicted molar refractivity (Wildman–Crippen MR) is 128 cm³/mol. The zero-order chi connectivity index (χ0) is 23.0. The highest BCUT2D eigenvalue weighted by Gasteiger charge is 2.25. The largest absolute Gasteiger partial charge is 0.468 e. The van der Waals surface area contributed by atoms with Gasteiger partial charge in [0.15, 0.2) is 0 Å². The summed E-state index contributed by atoms with van der Waals surface area (Å²) in [7, 11) is -2.73. The molecule has 1 N–H and O–H groups in total. The van der Waals surface area contributed by atoms with Crippen molar-refractivity contribution in [3.63, 3.8) is 0 Å². The summed E-state index contributed by atoms with van der Waals surface area (Å²) in [5, 5.41) is 0. The molecule has 0 fully saturated rings. The minimum absolute atomic E-state index is 0.0132. The van der Waals surface area contributed by atoms with Gasteiger partial charge in [-0.25, -0.2) is 8.42 Å². The number of hydrogen-bond donors (Lipinski definition) is 1. The second kappa shape index (κ2) is 11.0. The van der Waals surface area contributed by atoms with E-state index in [0.29, 0.717) is 0 Å². The Morgan fingerprint density at radius 1 is 0.969 bits per heavy atom. The monoisotopic (exact) mass is 465 g/mol. The minimum atomic E-state index is -3.94. The maximum atomic E-state index is 12.9. The summed E-state index contributed by atoms with van der Waals surface area (Å²) in [6.45, 7) is 0. The van der Waals surface area contributed by atoms with Gasteiger partial charge in [0, 0.05) is 16.9 Å². The van der Waals surface area contributed by atoms with Crippen molar-refractivity contribution in [2.75, 3.05) is 13.4 Å². The smallest absolute Gasteiger partial charge is 0.324 e. The number of carbonyl (C=O) groups is 1.